The molecule has 1 unspecified atom stereocenters. The molecule has 2 aromatic heterocycles. The molecule has 190 valence electrons. The monoisotopic (exact) mass is 509 g/mol. The third-order valence-electron chi connectivity index (χ3n) is 6.95. The maximum atomic E-state index is 13.7. The SMILES string of the molecule is Cc1nc2c3c(nn2c(C)c1Cl)CN(C(=O)c1ccccc1C1CCCN(C(=O)OC(C)(C)C)C1)C3. The lowest BCUT2D eigenvalue weighted by molar-refractivity contribution is 0.0198. The lowest BCUT2D eigenvalue weighted by Crippen LogP contribution is -2.42. The van der Waals surface area contributed by atoms with Gasteiger partial charge in [0.1, 0.15) is 5.60 Å². The predicted octanol–water partition coefficient (Wildman–Crippen LogP) is 5.27. The van der Waals surface area contributed by atoms with E-state index in [1.165, 1.54) is 0 Å². The van der Waals surface area contributed by atoms with Crippen LogP contribution < -0.4 is 0 Å². The van der Waals surface area contributed by atoms with Crippen LogP contribution in [-0.2, 0) is 17.8 Å². The summed E-state index contributed by atoms with van der Waals surface area (Å²) in [5.41, 5.74) is 5.30. The zero-order valence-electron chi connectivity index (χ0n) is 21.5. The minimum Gasteiger partial charge on any atom is -0.444 e. The molecule has 9 heteroatoms. The molecule has 2 aliphatic rings. The van der Waals surface area contributed by atoms with Gasteiger partial charge in [-0.15, -0.1) is 0 Å². The molecule has 0 aliphatic carbocycles. The van der Waals surface area contributed by atoms with E-state index in [9.17, 15) is 9.59 Å². The van der Waals surface area contributed by atoms with Gasteiger partial charge in [0, 0.05) is 30.1 Å². The maximum absolute atomic E-state index is 13.7. The van der Waals surface area contributed by atoms with Gasteiger partial charge in [0.05, 0.1) is 35.2 Å². The zero-order valence-corrected chi connectivity index (χ0v) is 22.2. The summed E-state index contributed by atoms with van der Waals surface area (Å²) in [6.45, 7) is 11.5. The Morgan fingerprint density at radius 1 is 1.11 bits per heavy atom. The Labute approximate surface area is 216 Å². The number of aromatic nitrogens is 3. The van der Waals surface area contributed by atoms with Crippen molar-refractivity contribution in [1.82, 2.24) is 24.4 Å². The highest BCUT2D eigenvalue weighted by Gasteiger charge is 2.34. The number of piperidine rings is 1. The third-order valence-corrected chi connectivity index (χ3v) is 7.49. The molecule has 0 N–H and O–H groups in total. The van der Waals surface area contributed by atoms with E-state index in [1.807, 2.05) is 63.8 Å². The van der Waals surface area contributed by atoms with Crippen LogP contribution in [0.3, 0.4) is 0 Å². The molecule has 3 aromatic rings. The van der Waals surface area contributed by atoms with Crippen LogP contribution in [-0.4, -0.2) is 55.1 Å². The van der Waals surface area contributed by atoms with Crippen LogP contribution in [0.15, 0.2) is 24.3 Å². The number of halogens is 1. The van der Waals surface area contributed by atoms with Gasteiger partial charge in [-0.1, -0.05) is 29.8 Å². The molecular formula is C27H32ClN5O3. The van der Waals surface area contributed by atoms with Gasteiger partial charge in [-0.3, -0.25) is 4.79 Å². The first-order valence-electron chi connectivity index (χ1n) is 12.4. The molecule has 0 bridgehead atoms. The molecular weight excluding hydrogens is 478 g/mol. The number of hydrogen-bond donors (Lipinski definition) is 0. The number of rotatable bonds is 2. The zero-order chi connectivity index (χ0) is 25.8. The molecule has 0 saturated carbocycles. The summed E-state index contributed by atoms with van der Waals surface area (Å²) in [6, 6.07) is 7.76. The molecule has 1 fully saturated rings. The van der Waals surface area contributed by atoms with Crippen molar-refractivity contribution in [3.63, 3.8) is 0 Å². The minimum absolute atomic E-state index is 0.0291. The summed E-state index contributed by atoms with van der Waals surface area (Å²) < 4.78 is 7.38. The van der Waals surface area contributed by atoms with E-state index in [2.05, 4.69) is 4.98 Å². The van der Waals surface area contributed by atoms with Crippen LogP contribution in [0.25, 0.3) is 5.65 Å². The lowest BCUT2D eigenvalue weighted by Gasteiger charge is -2.35. The molecule has 4 heterocycles. The number of aryl methyl sites for hydroxylation is 2. The fourth-order valence-corrected chi connectivity index (χ4v) is 5.32. The highest BCUT2D eigenvalue weighted by atomic mass is 35.5. The first-order valence-corrected chi connectivity index (χ1v) is 12.8. The molecule has 0 spiro atoms. The number of benzene rings is 1. The van der Waals surface area contributed by atoms with Crippen molar-refractivity contribution in [1.29, 1.82) is 0 Å². The standard InChI is InChI=1S/C27H32ClN5O3/c1-16-23(28)17(2)33-24(29-16)21-14-32(15-22(21)30-33)25(34)20-11-7-6-10-19(20)18-9-8-12-31(13-18)26(35)36-27(3,4)5/h6-7,10-11,18H,8-9,12-15H2,1-5H3. The highest BCUT2D eigenvalue weighted by molar-refractivity contribution is 6.31. The Morgan fingerprint density at radius 2 is 1.86 bits per heavy atom. The van der Waals surface area contributed by atoms with Crippen molar-refractivity contribution in [3.8, 4) is 0 Å². The van der Waals surface area contributed by atoms with Gasteiger partial charge in [-0.25, -0.2) is 14.3 Å². The second-order valence-corrected chi connectivity index (χ2v) is 11.1. The van der Waals surface area contributed by atoms with Gasteiger partial charge >= 0.3 is 6.09 Å². The number of ether oxygens (including phenoxy) is 1. The number of carbonyl (C=O) groups is 2. The van der Waals surface area contributed by atoms with Crippen molar-refractivity contribution in [2.45, 2.75) is 72.1 Å². The smallest absolute Gasteiger partial charge is 0.410 e. The van der Waals surface area contributed by atoms with Crippen LogP contribution >= 0.6 is 11.6 Å². The van der Waals surface area contributed by atoms with Gasteiger partial charge in [0.15, 0.2) is 5.65 Å². The second kappa shape index (κ2) is 9.07. The summed E-state index contributed by atoms with van der Waals surface area (Å²) >= 11 is 6.37. The first kappa shape index (κ1) is 24.6. The van der Waals surface area contributed by atoms with Gasteiger partial charge in [-0.05, 0) is 59.1 Å². The Bertz CT molecular complexity index is 1360. The molecule has 8 nitrogen and oxygen atoms in total. The summed E-state index contributed by atoms with van der Waals surface area (Å²) in [6.07, 6.45) is 1.49. The quantitative estimate of drug-likeness (QED) is 0.470. The number of nitrogens with zero attached hydrogens (tertiary/aromatic N) is 5. The first-order chi connectivity index (χ1) is 17.0. The molecule has 5 rings (SSSR count). The maximum Gasteiger partial charge on any atom is 0.410 e. The van der Waals surface area contributed by atoms with E-state index in [0.717, 1.165) is 46.7 Å². The Hall–Kier alpha value is -3.13. The van der Waals surface area contributed by atoms with Crippen molar-refractivity contribution in [2.24, 2.45) is 0 Å². The largest absolute Gasteiger partial charge is 0.444 e. The van der Waals surface area contributed by atoms with Crippen molar-refractivity contribution >= 4 is 29.2 Å². The number of hydrogen-bond acceptors (Lipinski definition) is 5. The molecule has 1 saturated heterocycles. The van der Waals surface area contributed by atoms with E-state index < -0.39 is 5.60 Å². The molecule has 36 heavy (non-hydrogen) atoms. The minimum atomic E-state index is -0.541. The van der Waals surface area contributed by atoms with Crippen molar-refractivity contribution in [2.75, 3.05) is 13.1 Å². The number of amides is 2. The normalized spacial score (nSPS) is 18.0. The molecule has 1 atom stereocenters. The summed E-state index contributed by atoms with van der Waals surface area (Å²) in [5, 5.41) is 5.32. The highest BCUT2D eigenvalue weighted by Crippen LogP contribution is 2.34. The van der Waals surface area contributed by atoms with Gasteiger partial charge in [0.2, 0.25) is 0 Å². The third kappa shape index (κ3) is 4.43. The Morgan fingerprint density at radius 3 is 2.61 bits per heavy atom. The summed E-state index contributed by atoms with van der Waals surface area (Å²) in [7, 11) is 0. The summed E-state index contributed by atoms with van der Waals surface area (Å²) in [5.74, 6) is 0.0439. The lowest BCUT2D eigenvalue weighted by atomic mass is 9.87. The van der Waals surface area contributed by atoms with Crippen molar-refractivity contribution in [3.05, 3.63) is 63.1 Å². The fraction of sp³-hybridized carbons (Fsp3) is 0.481. The van der Waals surface area contributed by atoms with E-state index in [0.29, 0.717) is 36.8 Å². The van der Waals surface area contributed by atoms with Gasteiger partial charge < -0.3 is 14.5 Å². The topological polar surface area (TPSA) is 80.0 Å². The Balaban J connectivity index is 1.38. The van der Waals surface area contributed by atoms with Crippen LogP contribution in [0.1, 0.15) is 78.1 Å². The van der Waals surface area contributed by atoms with Crippen LogP contribution in [0, 0.1) is 13.8 Å². The number of carbonyl (C=O) groups excluding carboxylic acids is 2. The van der Waals surface area contributed by atoms with Gasteiger partial charge in [-0.2, -0.15) is 5.10 Å². The van der Waals surface area contributed by atoms with Crippen LogP contribution in [0.2, 0.25) is 5.02 Å². The van der Waals surface area contributed by atoms with E-state index in [1.54, 1.807) is 9.42 Å². The second-order valence-electron chi connectivity index (χ2n) is 10.8. The van der Waals surface area contributed by atoms with Gasteiger partial charge in [0.25, 0.3) is 5.91 Å². The fourth-order valence-electron chi connectivity index (χ4n) is 5.20. The average Bonchev–Trinajstić information content (AvgIpc) is 3.40. The van der Waals surface area contributed by atoms with Crippen LogP contribution in [0.5, 0.6) is 0 Å². The summed E-state index contributed by atoms with van der Waals surface area (Å²) in [4.78, 5) is 34.7. The molecule has 1 aromatic carbocycles. The molecule has 2 aliphatic heterocycles. The van der Waals surface area contributed by atoms with Crippen molar-refractivity contribution < 1.29 is 14.3 Å². The van der Waals surface area contributed by atoms with Crippen LogP contribution in [0.4, 0.5) is 4.79 Å². The molecule has 2 amide bonds. The average molecular weight is 510 g/mol. The number of likely N-dealkylation sites (tertiary alicyclic amines) is 1. The number of fused-ring (bicyclic) bond motifs is 3. The predicted molar refractivity (Wildman–Crippen MR) is 137 cm³/mol. The van der Waals surface area contributed by atoms with E-state index in [4.69, 9.17) is 21.4 Å². The molecule has 0 radical (unpaired) electrons. The Kier molecular flexibility index (Phi) is 6.19. The van der Waals surface area contributed by atoms with E-state index in [-0.39, 0.29) is 17.9 Å². The van der Waals surface area contributed by atoms with E-state index >= 15 is 0 Å².